The van der Waals surface area contributed by atoms with E-state index in [-0.39, 0.29) is 6.61 Å². The van der Waals surface area contributed by atoms with E-state index in [4.69, 9.17) is 19.3 Å². The minimum absolute atomic E-state index is 0.303. The summed E-state index contributed by atoms with van der Waals surface area (Å²) in [6.45, 7) is 6.73. The van der Waals surface area contributed by atoms with Gasteiger partial charge in [-0.2, -0.15) is 0 Å². The van der Waals surface area contributed by atoms with Gasteiger partial charge in [-0.05, 0) is 13.8 Å². The quantitative estimate of drug-likeness (QED) is 0.624. The molecular weight excluding hydrogens is 200 g/mol. The Bertz CT molecular complexity index is 277. The number of fused-ring (bicyclic) bond motifs is 1. The second-order valence-corrected chi connectivity index (χ2v) is 4.32. The molecule has 2 N–H and O–H groups in total. The van der Waals surface area contributed by atoms with E-state index in [2.05, 4.69) is 6.58 Å². The second-order valence-electron chi connectivity index (χ2n) is 4.32. The van der Waals surface area contributed by atoms with Crippen LogP contribution in [0.1, 0.15) is 13.8 Å². The first-order valence-electron chi connectivity index (χ1n) is 4.91. The summed E-state index contributed by atoms with van der Waals surface area (Å²) in [6.07, 6.45) is -0.702. The fraction of sp³-hybridized carbons (Fsp3) is 0.800. The number of hydrogen-bond acceptors (Lipinski definition) is 5. The van der Waals surface area contributed by atoms with Crippen molar-refractivity contribution < 1.29 is 24.4 Å². The third kappa shape index (κ3) is 1.51. The van der Waals surface area contributed by atoms with Crippen molar-refractivity contribution in [2.45, 2.75) is 43.7 Å². The van der Waals surface area contributed by atoms with E-state index < -0.39 is 29.9 Å². The van der Waals surface area contributed by atoms with E-state index in [1.807, 2.05) is 0 Å². The molecule has 0 aromatic carbocycles. The van der Waals surface area contributed by atoms with E-state index in [1.165, 1.54) is 6.08 Å². The first-order chi connectivity index (χ1) is 6.93. The van der Waals surface area contributed by atoms with Crippen LogP contribution in [0.15, 0.2) is 12.7 Å². The van der Waals surface area contributed by atoms with Crippen molar-refractivity contribution in [2.75, 3.05) is 6.61 Å². The molecule has 0 aliphatic carbocycles. The lowest BCUT2D eigenvalue weighted by molar-refractivity contribution is -0.227. The number of hydrogen-bond donors (Lipinski definition) is 2. The summed E-state index contributed by atoms with van der Waals surface area (Å²) in [5, 5.41) is 19.3. The van der Waals surface area contributed by atoms with Crippen molar-refractivity contribution in [3.05, 3.63) is 12.7 Å². The molecule has 2 saturated heterocycles. The van der Waals surface area contributed by atoms with Crippen molar-refractivity contribution in [1.29, 1.82) is 0 Å². The van der Waals surface area contributed by atoms with Crippen molar-refractivity contribution in [1.82, 2.24) is 0 Å². The van der Waals surface area contributed by atoms with Gasteiger partial charge >= 0.3 is 0 Å². The summed E-state index contributed by atoms with van der Waals surface area (Å²) in [4.78, 5) is 0. The van der Waals surface area contributed by atoms with Gasteiger partial charge in [0.15, 0.2) is 12.1 Å². The molecule has 0 saturated carbocycles. The van der Waals surface area contributed by atoms with Crippen molar-refractivity contribution in [3.8, 4) is 0 Å². The van der Waals surface area contributed by atoms with Crippen LogP contribution in [-0.4, -0.2) is 46.7 Å². The number of aliphatic hydroxyl groups is 2. The Morgan fingerprint density at radius 3 is 2.60 bits per heavy atom. The molecule has 0 bridgehead atoms. The number of aliphatic hydroxyl groups excluding tert-OH is 1. The van der Waals surface area contributed by atoms with Gasteiger partial charge < -0.3 is 24.4 Å². The van der Waals surface area contributed by atoms with Crippen LogP contribution < -0.4 is 0 Å². The maximum Gasteiger partial charge on any atom is 0.191 e. The van der Waals surface area contributed by atoms with Gasteiger partial charge in [0, 0.05) is 0 Å². The zero-order valence-electron chi connectivity index (χ0n) is 8.84. The highest BCUT2D eigenvalue weighted by molar-refractivity contribution is 5.14. The molecule has 0 spiro atoms. The normalized spacial score (nSPS) is 47.9. The van der Waals surface area contributed by atoms with Crippen LogP contribution in [0.25, 0.3) is 0 Å². The lowest BCUT2D eigenvalue weighted by Gasteiger charge is -2.29. The maximum atomic E-state index is 10.3. The molecule has 4 unspecified atom stereocenters. The highest BCUT2D eigenvalue weighted by Crippen LogP contribution is 2.43. The van der Waals surface area contributed by atoms with Crippen LogP contribution in [0.2, 0.25) is 0 Å². The van der Waals surface area contributed by atoms with E-state index in [0.717, 1.165) is 0 Å². The molecule has 2 aliphatic heterocycles. The van der Waals surface area contributed by atoms with Crippen LogP contribution in [0.3, 0.4) is 0 Å². The summed E-state index contributed by atoms with van der Waals surface area (Å²) in [5.74, 6) is -0.785. The van der Waals surface area contributed by atoms with Crippen LogP contribution >= 0.6 is 0 Å². The summed E-state index contributed by atoms with van der Waals surface area (Å²) in [5.41, 5.74) is -1.40. The highest BCUT2D eigenvalue weighted by atomic mass is 16.8. The van der Waals surface area contributed by atoms with Crippen LogP contribution in [0, 0.1) is 0 Å². The smallest absolute Gasteiger partial charge is 0.191 e. The fourth-order valence-electron chi connectivity index (χ4n) is 2.03. The van der Waals surface area contributed by atoms with Gasteiger partial charge in [0.1, 0.15) is 17.8 Å². The van der Waals surface area contributed by atoms with Crippen molar-refractivity contribution >= 4 is 0 Å². The summed E-state index contributed by atoms with van der Waals surface area (Å²) in [7, 11) is 0. The van der Waals surface area contributed by atoms with E-state index in [9.17, 15) is 5.11 Å². The van der Waals surface area contributed by atoms with Gasteiger partial charge in [0.2, 0.25) is 0 Å². The lowest BCUT2D eigenvalue weighted by Crippen LogP contribution is -2.48. The molecule has 5 nitrogen and oxygen atoms in total. The Hall–Kier alpha value is -0.460. The molecule has 2 heterocycles. The molecule has 5 heteroatoms. The average molecular weight is 216 g/mol. The molecule has 2 rings (SSSR count). The largest absolute Gasteiger partial charge is 0.394 e. The third-order valence-electron chi connectivity index (χ3n) is 2.82. The lowest BCUT2D eigenvalue weighted by atomic mass is 9.93. The minimum atomic E-state index is -1.40. The Morgan fingerprint density at radius 2 is 2.07 bits per heavy atom. The topological polar surface area (TPSA) is 68.2 Å². The van der Waals surface area contributed by atoms with Crippen molar-refractivity contribution in [2.24, 2.45) is 0 Å². The zero-order valence-corrected chi connectivity index (χ0v) is 8.84. The average Bonchev–Trinajstić information content (AvgIpc) is 2.60. The molecule has 4 atom stereocenters. The van der Waals surface area contributed by atoms with Gasteiger partial charge in [0.05, 0.1) is 6.61 Å². The second kappa shape index (κ2) is 3.26. The molecule has 0 aromatic heterocycles. The maximum absolute atomic E-state index is 10.3. The molecule has 0 aromatic rings. The Balaban J connectivity index is 2.25. The molecule has 15 heavy (non-hydrogen) atoms. The Kier molecular flexibility index (Phi) is 2.40. The SMILES string of the molecule is C=CC1(O)C(CO)OC2OC(C)(C)OC21. The Labute approximate surface area is 88.3 Å². The van der Waals surface area contributed by atoms with Gasteiger partial charge in [-0.15, -0.1) is 6.58 Å². The summed E-state index contributed by atoms with van der Waals surface area (Å²) in [6, 6.07) is 0. The molecule has 0 radical (unpaired) electrons. The molecular formula is C10H16O5. The summed E-state index contributed by atoms with van der Waals surface area (Å²) < 4.78 is 16.3. The highest BCUT2D eigenvalue weighted by Gasteiger charge is 2.61. The molecule has 86 valence electrons. The van der Waals surface area contributed by atoms with Gasteiger partial charge in [0.25, 0.3) is 0 Å². The molecule has 2 fully saturated rings. The van der Waals surface area contributed by atoms with Crippen molar-refractivity contribution in [3.63, 3.8) is 0 Å². The Morgan fingerprint density at radius 1 is 1.40 bits per heavy atom. The first kappa shape index (κ1) is 11.0. The van der Waals surface area contributed by atoms with E-state index in [0.29, 0.717) is 0 Å². The van der Waals surface area contributed by atoms with Gasteiger partial charge in [-0.25, -0.2) is 0 Å². The predicted molar refractivity (Wildman–Crippen MR) is 50.9 cm³/mol. The molecule has 0 amide bonds. The van der Waals surface area contributed by atoms with E-state index >= 15 is 0 Å². The van der Waals surface area contributed by atoms with Crippen LogP contribution in [-0.2, 0) is 14.2 Å². The number of ether oxygens (including phenoxy) is 3. The summed E-state index contributed by atoms with van der Waals surface area (Å²) >= 11 is 0. The standard InChI is InChI=1S/C10H16O5/c1-4-10(12)6(5-11)13-8-7(10)14-9(2,3)15-8/h4,6-8,11-12H,1,5H2,2-3H3. The van der Waals surface area contributed by atoms with Crippen LogP contribution in [0.4, 0.5) is 0 Å². The third-order valence-corrected chi connectivity index (χ3v) is 2.82. The van der Waals surface area contributed by atoms with Gasteiger partial charge in [-0.3, -0.25) is 0 Å². The van der Waals surface area contributed by atoms with Crippen LogP contribution in [0.5, 0.6) is 0 Å². The van der Waals surface area contributed by atoms with Gasteiger partial charge in [-0.1, -0.05) is 6.08 Å². The van der Waals surface area contributed by atoms with E-state index in [1.54, 1.807) is 13.8 Å². The predicted octanol–water partition coefficient (Wildman–Crippen LogP) is -0.228. The zero-order chi connectivity index (χ0) is 11.3. The monoisotopic (exact) mass is 216 g/mol. The molecule has 2 aliphatic rings. The number of rotatable bonds is 2. The minimum Gasteiger partial charge on any atom is -0.394 e. The fourth-order valence-corrected chi connectivity index (χ4v) is 2.03. The first-order valence-corrected chi connectivity index (χ1v) is 4.91.